The third-order valence-corrected chi connectivity index (χ3v) is 6.57. The van der Waals surface area contributed by atoms with Gasteiger partial charge in [0.25, 0.3) is 0 Å². The normalized spacial score (nSPS) is 15.6. The van der Waals surface area contributed by atoms with Crippen LogP contribution in [0.3, 0.4) is 0 Å². The van der Waals surface area contributed by atoms with Gasteiger partial charge in [0.2, 0.25) is 5.69 Å². The van der Waals surface area contributed by atoms with Crippen molar-refractivity contribution in [2.24, 2.45) is 7.05 Å². The molecular formula is C30H27N2+. The molecular weight excluding hydrogens is 388 g/mol. The van der Waals surface area contributed by atoms with Crippen LogP contribution >= 0.6 is 0 Å². The molecule has 0 unspecified atom stereocenters. The summed E-state index contributed by atoms with van der Waals surface area (Å²) in [6, 6.07) is 10.3. The summed E-state index contributed by atoms with van der Waals surface area (Å²) in [4.78, 5) is 3.75. The highest BCUT2D eigenvalue weighted by Crippen LogP contribution is 2.57. The van der Waals surface area contributed by atoms with E-state index in [-0.39, 0.29) is 23.3 Å². The van der Waals surface area contributed by atoms with E-state index in [0.717, 1.165) is 44.6 Å². The molecule has 0 aliphatic heterocycles. The molecule has 1 aliphatic rings. The Kier molecular flexibility index (Phi) is 3.40. The van der Waals surface area contributed by atoms with Crippen molar-refractivity contribution in [3.63, 3.8) is 0 Å². The van der Waals surface area contributed by atoms with Crippen LogP contribution in [0.1, 0.15) is 43.0 Å². The molecule has 0 atom stereocenters. The minimum absolute atomic E-state index is 0.0779. The second-order valence-corrected chi connectivity index (χ2v) is 9.00. The number of rotatable bonds is 2. The number of aromatic nitrogens is 1. The third-order valence-electron chi connectivity index (χ3n) is 6.57. The van der Waals surface area contributed by atoms with E-state index in [0.29, 0.717) is 5.56 Å². The smallest absolute Gasteiger partial charge is 0.213 e. The van der Waals surface area contributed by atoms with Gasteiger partial charge in [-0.1, -0.05) is 68.3 Å². The minimum atomic E-state index is -0.609. The first kappa shape index (κ1) is 15.2. The highest BCUT2D eigenvalue weighted by Gasteiger charge is 2.42. The maximum absolute atomic E-state index is 8.68. The fourth-order valence-corrected chi connectivity index (χ4v) is 5.15. The van der Waals surface area contributed by atoms with Crippen LogP contribution in [0.4, 0.5) is 5.69 Å². The van der Waals surface area contributed by atoms with Gasteiger partial charge in [-0.05, 0) is 58.4 Å². The highest BCUT2D eigenvalue weighted by atomic mass is 14.9. The van der Waals surface area contributed by atoms with E-state index >= 15 is 0 Å². The fourth-order valence-electron chi connectivity index (χ4n) is 5.15. The molecule has 2 heteroatoms. The maximum Gasteiger partial charge on any atom is 0.213 e. The zero-order valence-electron chi connectivity index (χ0n) is 23.9. The highest BCUT2D eigenvalue weighted by molar-refractivity contribution is 5.96. The van der Waals surface area contributed by atoms with E-state index in [9.17, 15) is 0 Å². The molecule has 0 bridgehead atoms. The Labute approximate surface area is 197 Å². The Morgan fingerprint density at radius 1 is 0.906 bits per heavy atom. The molecule has 3 aromatic carbocycles. The SMILES string of the molecule is [2H]c1c([2H])c([2H])c(-c2c([N+]#[C-])ccc3c2C(C)(C)c2c-3ccc(C)c2-c2cc(C)cc[n+]2C)c([2H])c1[2H]. The lowest BCUT2D eigenvalue weighted by molar-refractivity contribution is -0.660. The molecule has 0 saturated carbocycles. The van der Waals surface area contributed by atoms with Crippen molar-refractivity contribution in [1.29, 1.82) is 0 Å². The first-order valence-corrected chi connectivity index (χ1v) is 10.6. The van der Waals surface area contributed by atoms with Crippen LogP contribution in [0.25, 0.3) is 38.4 Å². The average molecular weight is 421 g/mol. The summed E-state index contributed by atoms with van der Waals surface area (Å²) < 4.78 is 44.1. The van der Waals surface area contributed by atoms with Crippen LogP contribution in [0, 0.1) is 20.4 Å². The van der Waals surface area contributed by atoms with Gasteiger partial charge in [-0.25, -0.2) is 9.41 Å². The molecule has 0 radical (unpaired) electrons. The van der Waals surface area contributed by atoms with Gasteiger partial charge in [0, 0.05) is 17.5 Å². The topological polar surface area (TPSA) is 8.24 Å². The van der Waals surface area contributed by atoms with Crippen LogP contribution in [0.15, 0.2) is 72.8 Å². The first-order valence-electron chi connectivity index (χ1n) is 13.1. The molecule has 0 saturated heterocycles. The van der Waals surface area contributed by atoms with Crippen molar-refractivity contribution >= 4 is 5.69 Å². The van der Waals surface area contributed by atoms with Crippen LogP contribution in [-0.2, 0) is 12.5 Å². The van der Waals surface area contributed by atoms with Gasteiger partial charge in [-0.3, -0.25) is 0 Å². The Hall–Kier alpha value is -3.70. The molecule has 0 N–H and O–H groups in total. The quantitative estimate of drug-likeness (QED) is 0.237. The third kappa shape index (κ3) is 2.82. The van der Waals surface area contributed by atoms with E-state index in [4.69, 9.17) is 13.4 Å². The van der Waals surface area contributed by atoms with Crippen molar-refractivity contribution in [3.8, 4) is 33.5 Å². The van der Waals surface area contributed by atoms with Crippen molar-refractivity contribution < 1.29 is 11.4 Å². The van der Waals surface area contributed by atoms with E-state index in [1.807, 2.05) is 19.3 Å². The second-order valence-electron chi connectivity index (χ2n) is 9.00. The zero-order chi connectivity index (χ0) is 27.0. The second kappa shape index (κ2) is 7.18. The summed E-state index contributed by atoms with van der Waals surface area (Å²) in [7, 11) is 2.03. The van der Waals surface area contributed by atoms with Crippen LogP contribution in [0.5, 0.6) is 0 Å². The number of hydrogen-bond acceptors (Lipinski definition) is 0. The summed E-state index contributed by atoms with van der Waals surface area (Å²) in [5, 5.41) is 0. The van der Waals surface area contributed by atoms with E-state index in [2.05, 4.69) is 61.4 Å². The maximum atomic E-state index is 8.68. The largest absolute Gasteiger partial charge is 0.238 e. The van der Waals surface area contributed by atoms with Gasteiger partial charge >= 0.3 is 0 Å². The van der Waals surface area contributed by atoms with Crippen LogP contribution in [0.2, 0.25) is 0 Å². The Bertz CT molecular complexity index is 1670. The van der Waals surface area contributed by atoms with Gasteiger partial charge in [0.05, 0.1) is 19.0 Å². The van der Waals surface area contributed by atoms with Gasteiger partial charge < -0.3 is 0 Å². The molecule has 5 rings (SSSR count). The molecule has 32 heavy (non-hydrogen) atoms. The summed E-state index contributed by atoms with van der Waals surface area (Å²) >= 11 is 0. The van der Waals surface area contributed by atoms with E-state index in [1.165, 1.54) is 0 Å². The fraction of sp³-hybridized carbons (Fsp3) is 0.200. The zero-order valence-corrected chi connectivity index (χ0v) is 18.9. The summed E-state index contributed by atoms with van der Waals surface area (Å²) in [6.07, 6.45) is 2.05. The molecule has 0 fully saturated rings. The van der Waals surface area contributed by atoms with E-state index in [1.54, 1.807) is 6.07 Å². The summed E-state index contributed by atoms with van der Waals surface area (Å²) in [5.74, 6) is 0. The Morgan fingerprint density at radius 2 is 1.56 bits per heavy atom. The van der Waals surface area contributed by atoms with Crippen molar-refractivity contribution in [2.45, 2.75) is 33.1 Å². The van der Waals surface area contributed by atoms with Gasteiger partial charge in [-0.2, -0.15) is 0 Å². The minimum Gasteiger partial charge on any atom is -0.238 e. The van der Waals surface area contributed by atoms with Crippen molar-refractivity contribution in [2.75, 3.05) is 0 Å². The number of benzene rings is 3. The lowest BCUT2D eigenvalue weighted by Crippen LogP contribution is -2.32. The molecule has 0 spiro atoms. The van der Waals surface area contributed by atoms with Crippen molar-refractivity contribution in [1.82, 2.24) is 0 Å². The molecule has 0 amide bonds. The summed E-state index contributed by atoms with van der Waals surface area (Å²) in [6.45, 7) is 16.3. The monoisotopic (exact) mass is 420 g/mol. The predicted molar refractivity (Wildman–Crippen MR) is 132 cm³/mol. The lowest BCUT2D eigenvalue weighted by atomic mass is 9.75. The number of pyridine rings is 1. The first-order chi connectivity index (χ1) is 17.4. The molecule has 1 heterocycles. The lowest BCUT2D eigenvalue weighted by Gasteiger charge is -2.27. The van der Waals surface area contributed by atoms with Crippen LogP contribution in [-0.4, -0.2) is 0 Å². The number of hydrogen-bond donors (Lipinski definition) is 0. The number of fused-ring (bicyclic) bond motifs is 3. The molecule has 1 aliphatic carbocycles. The van der Waals surface area contributed by atoms with Gasteiger partial charge in [0.1, 0.15) is 7.05 Å². The average Bonchev–Trinajstić information content (AvgIpc) is 3.10. The van der Waals surface area contributed by atoms with Crippen LogP contribution < -0.4 is 4.57 Å². The Balaban J connectivity index is 1.94. The number of aryl methyl sites for hydroxylation is 3. The summed E-state index contributed by atoms with van der Waals surface area (Å²) in [5.41, 5.74) is 8.50. The molecule has 1 aromatic heterocycles. The number of nitrogens with zero attached hydrogens (tertiary/aromatic N) is 2. The standard InChI is InChI=1S/C30H27N2/c1-19-16-17-32(6)25(18-19)26-20(2)12-13-22-23-14-15-24(31-5)27(21-10-8-7-9-11-21)29(23)30(3,4)28(22)26/h7-18H,1-4,6H3/q+1/i7D,8D,9D,10D,11D. The van der Waals surface area contributed by atoms with E-state index < -0.39 is 23.5 Å². The van der Waals surface area contributed by atoms with Gasteiger partial charge in [0.15, 0.2) is 11.9 Å². The predicted octanol–water partition coefficient (Wildman–Crippen LogP) is 7.32. The van der Waals surface area contributed by atoms with Crippen molar-refractivity contribution in [3.05, 3.63) is 106 Å². The van der Waals surface area contributed by atoms with Gasteiger partial charge in [-0.15, -0.1) is 0 Å². The Morgan fingerprint density at radius 3 is 2.25 bits per heavy atom. The molecule has 2 nitrogen and oxygen atoms in total. The molecule has 4 aromatic rings. The molecule has 156 valence electrons.